The zero-order valence-corrected chi connectivity index (χ0v) is 11.9. The van der Waals surface area contributed by atoms with Gasteiger partial charge in [0.1, 0.15) is 6.04 Å². The van der Waals surface area contributed by atoms with Crippen molar-refractivity contribution in [3.8, 4) is 0 Å². The van der Waals surface area contributed by atoms with Crippen LogP contribution in [0.5, 0.6) is 0 Å². The van der Waals surface area contributed by atoms with Gasteiger partial charge in [-0.05, 0) is 25.2 Å². The number of likely N-dealkylation sites (tertiary alicyclic amines) is 1. The van der Waals surface area contributed by atoms with Crippen LogP contribution in [0.1, 0.15) is 33.1 Å². The van der Waals surface area contributed by atoms with E-state index in [2.05, 4.69) is 5.32 Å². The van der Waals surface area contributed by atoms with Crippen molar-refractivity contribution in [2.75, 3.05) is 27.2 Å². The van der Waals surface area contributed by atoms with E-state index >= 15 is 0 Å². The van der Waals surface area contributed by atoms with Crippen LogP contribution in [0.25, 0.3) is 0 Å². The Hall–Kier alpha value is -1.26. The number of nitrogens with zero attached hydrogens (tertiary/aromatic N) is 2. The van der Waals surface area contributed by atoms with Gasteiger partial charge in [-0.3, -0.25) is 4.79 Å². The minimum absolute atomic E-state index is 0.0306. The number of carbonyl (C=O) groups is 2. The first-order valence-corrected chi connectivity index (χ1v) is 6.72. The molecule has 1 fully saturated rings. The number of hydrogen-bond donors (Lipinski definition) is 1. The van der Waals surface area contributed by atoms with Gasteiger partial charge in [0, 0.05) is 27.2 Å². The predicted octanol–water partition coefficient (Wildman–Crippen LogP) is 1.29. The molecule has 1 atom stereocenters. The molecule has 0 spiro atoms. The molecule has 1 aliphatic heterocycles. The molecular formula is C13H25N3O2. The molecule has 0 aromatic rings. The Bertz CT molecular complexity index is 299. The summed E-state index contributed by atoms with van der Waals surface area (Å²) < 4.78 is 0. The SMILES string of the molecule is CNC(=O)C(C(C)C)N(C)C(=O)N1CCCCC1. The molecule has 1 rings (SSSR count). The minimum atomic E-state index is -0.399. The second kappa shape index (κ2) is 6.61. The molecule has 5 nitrogen and oxygen atoms in total. The van der Waals surface area contributed by atoms with E-state index in [0.29, 0.717) is 0 Å². The summed E-state index contributed by atoms with van der Waals surface area (Å²) in [4.78, 5) is 27.6. The maximum absolute atomic E-state index is 12.3. The van der Waals surface area contributed by atoms with Crippen molar-refractivity contribution < 1.29 is 9.59 Å². The first kappa shape index (κ1) is 14.8. The monoisotopic (exact) mass is 255 g/mol. The Kier molecular flexibility index (Phi) is 5.44. The molecular weight excluding hydrogens is 230 g/mol. The molecule has 1 aliphatic rings. The van der Waals surface area contributed by atoms with E-state index in [1.807, 2.05) is 18.7 Å². The number of carbonyl (C=O) groups excluding carboxylic acids is 2. The average molecular weight is 255 g/mol. The Morgan fingerprint density at radius 3 is 2.17 bits per heavy atom. The molecule has 3 amide bonds. The molecule has 0 aromatic carbocycles. The maximum atomic E-state index is 12.3. The molecule has 1 N–H and O–H groups in total. The summed E-state index contributed by atoms with van der Waals surface area (Å²) in [6, 6.07) is -0.429. The number of hydrogen-bond acceptors (Lipinski definition) is 2. The molecule has 0 bridgehead atoms. The normalized spacial score (nSPS) is 17.5. The van der Waals surface area contributed by atoms with Crippen molar-refractivity contribution in [2.24, 2.45) is 5.92 Å². The van der Waals surface area contributed by atoms with Crippen LogP contribution in [0.3, 0.4) is 0 Å². The van der Waals surface area contributed by atoms with Crippen molar-refractivity contribution in [3.63, 3.8) is 0 Å². The zero-order valence-electron chi connectivity index (χ0n) is 11.9. The van der Waals surface area contributed by atoms with Gasteiger partial charge in [-0.2, -0.15) is 0 Å². The fourth-order valence-electron chi connectivity index (χ4n) is 2.50. The second-order valence-corrected chi connectivity index (χ2v) is 5.24. The molecule has 0 radical (unpaired) electrons. The summed E-state index contributed by atoms with van der Waals surface area (Å²) >= 11 is 0. The summed E-state index contributed by atoms with van der Waals surface area (Å²) in [6.07, 6.45) is 3.31. The number of rotatable bonds is 3. The first-order valence-electron chi connectivity index (χ1n) is 6.72. The molecule has 1 saturated heterocycles. The third kappa shape index (κ3) is 3.37. The first-order chi connectivity index (χ1) is 8.49. The fourth-order valence-corrected chi connectivity index (χ4v) is 2.50. The third-order valence-electron chi connectivity index (χ3n) is 3.49. The highest BCUT2D eigenvalue weighted by molar-refractivity contribution is 5.87. The van der Waals surface area contributed by atoms with Gasteiger partial charge in [0.2, 0.25) is 5.91 Å². The van der Waals surface area contributed by atoms with Crippen LogP contribution in [0, 0.1) is 5.92 Å². The van der Waals surface area contributed by atoms with E-state index in [-0.39, 0.29) is 17.9 Å². The van der Waals surface area contributed by atoms with Gasteiger partial charge in [0.15, 0.2) is 0 Å². The summed E-state index contributed by atoms with van der Waals surface area (Å²) in [6.45, 7) is 5.53. The van der Waals surface area contributed by atoms with E-state index in [4.69, 9.17) is 0 Å². The molecule has 1 unspecified atom stereocenters. The van der Waals surface area contributed by atoms with Gasteiger partial charge in [0.25, 0.3) is 0 Å². The van der Waals surface area contributed by atoms with Crippen LogP contribution in [0.15, 0.2) is 0 Å². The highest BCUT2D eigenvalue weighted by Gasteiger charge is 2.31. The van der Waals surface area contributed by atoms with E-state index in [9.17, 15) is 9.59 Å². The lowest BCUT2D eigenvalue weighted by molar-refractivity contribution is -0.126. The summed E-state index contributed by atoms with van der Waals surface area (Å²) in [5, 5.41) is 2.63. The largest absolute Gasteiger partial charge is 0.357 e. The summed E-state index contributed by atoms with van der Waals surface area (Å²) in [5.41, 5.74) is 0. The van der Waals surface area contributed by atoms with E-state index in [1.54, 1.807) is 19.0 Å². The lowest BCUT2D eigenvalue weighted by atomic mass is 10.0. The van der Waals surface area contributed by atoms with Gasteiger partial charge >= 0.3 is 6.03 Å². The summed E-state index contributed by atoms with van der Waals surface area (Å²) in [5.74, 6) is 0.00144. The van der Waals surface area contributed by atoms with Crippen molar-refractivity contribution in [2.45, 2.75) is 39.2 Å². The Morgan fingerprint density at radius 2 is 1.72 bits per heavy atom. The quantitative estimate of drug-likeness (QED) is 0.826. The highest BCUT2D eigenvalue weighted by atomic mass is 16.2. The number of likely N-dealkylation sites (N-methyl/N-ethyl adjacent to an activating group) is 2. The third-order valence-corrected chi connectivity index (χ3v) is 3.49. The number of nitrogens with one attached hydrogen (secondary N) is 1. The van der Waals surface area contributed by atoms with Gasteiger partial charge in [-0.1, -0.05) is 13.8 Å². The molecule has 1 heterocycles. The molecule has 5 heteroatoms. The number of amides is 3. The van der Waals surface area contributed by atoms with Gasteiger partial charge < -0.3 is 15.1 Å². The Balaban J connectivity index is 2.72. The molecule has 0 aromatic heterocycles. The van der Waals surface area contributed by atoms with Crippen LogP contribution < -0.4 is 5.32 Å². The fraction of sp³-hybridized carbons (Fsp3) is 0.846. The van der Waals surface area contributed by atoms with E-state index < -0.39 is 6.04 Å². The maximum Gasteiger partial charge on any atom is 0.320 e. The number of piperidine rings is 1. The van der Waals surface area contributed by atoms with Crippen LogP contribution >= 0.6 is 0 Å². The van der Waals surface area contributed by atoms with Crippen LogP contribution in [0.2, 0.25) is 0 Å². The van der Waals surface area contributed by atoms with E-state index in [1.165, 1.54) is 6.42 Å². The standard InChI is InChI=1S/C13H25N3O2/c1-10(2)11(12(17)14-3)15(4)13(18)16-8-6-5-7-9-16/h10-11H,5-9H2,1-4H3,(H,14,17). The zero-order chi connectivity index (χ0) is 13.7. The van der Waals surface area contributed by atoms with E-state index in [0.717, 1.165) is 25.9 Å². The molecule has 0 aliphatic carbocycles. The average Bonchev–Trinajstić information content (AvgIpc) is 2.38. The summed E-state index contributed by atoms with van der Waals surface area (Å²) in [7, 11) is 3.33. The van der Waals surface area contributed by atoms with Crippen molar-refractivity contribution in [1.29, 1.82) is 0 Å². The van der Waals surface area contributed by atoms with Gasteiger partial charge in [-0.25, -0.2) is 4.79 Å². The highest BCUT2D eigenvalue weighted by Crippen LogP contribution is 2.15. The molecule has 104 valence electrons. The second-order valence-electron chi connectivity index (χ2n) is 5.24. The smallest absolute Gasteiger partial charge is 0.320 e. The minimum Gasteiger partial charge on any atom is -0.357 e. The lowest BCUT2D eigenvalue weighted by Crippen LogP contribution is -2.54. The van der Waals surface area contributed by atoms with Crippen LogP contribution in [-0.2, 0) is 4.79 Å². The van der Waals surface area contributed by atoms with Gasteiger partial charge in [0.05, 0.1) is 0 Å². The molecule has 0 saturated carbocycles. The van der Waals surface area contributed by atoms with Crippen LogP contribution in [0.4, 0.5) is 4.79 Å². The van der Waals surface area contributed by atoms with Crippen LogP contribution in [-0.4, -0.2) is 55.0 Å². The topological polar surface area (TPSA) is 52.7 Å². The molecule has 18 heavy (non-hydrogen) atoms. The Morgan fingerprint density at radius 1 is 1.17 bits per heavy atom. The number of urea groups is 1. The Labute approximate surface area is 110 Å². The predicted molar refractivity (Wildman–Crippen MR) is 71.3 cm³/mol. The van der Waals surface area contributed by atoms with Crippen molar-refractivity contribution in [3.05, 3.63) is 0 Å². The lowest BCUT2D eigenvalue weighted by Gasteiger charge is -2.36. The van der Waals surface area contributed by atoms with Crippen molar-refractivity contribution in [1.82, 2.24) is 15.1 Å². The van der Waals surface area contributed by atoms with Gasteiger partial charge in [-0.15, -0.1) is 0 Å². The van der Waals surface area contributed by atoms with Crippen molar-refractivity contribution >= 4 is 11.9 Å².